The van der Waals surface area contributed by atoms with Crippen LogP contribution in [0.2, 0.25) is 0 Å². The van der Waals surface area contributed by atoms with Crippen LogP contribution in [0.3, 0.4) is 0 Å². The molecule has 0 fully saturated rings. The van der Waals surface area contributed by atoms with E-state index in [1.165, 1.54) is 12.1 Å². The van der Waals surface area contributed by atoms with Crippen LogP contribution in [0.25, 0.3) is 11.6 Å². The van der Waals surface area contributed by atoms with Crippen molar-refractivity contribution in [2.45, 2.75) is 0 Å². The first-order valence-corrected chi connectivity index (χ1v) is 5.47. The molecule has 2 aromatic rings. The normalized spacial score (nSPS) is 10.8. The Balaban J connectivity index is 2.36. The SMILES string of the molecule is N#CC(=Cc1cccnc1)c1ccc([N+](=O)[O-])cc1. The van der Waals surface area contributed by atoms with Crippen LogP contribution >= 0.6 is 0 Å². The molecule has 1 aromatic heterocycles. The van der Waals surface area contributed by atoms with E-state index in [0.717, 1.165) is 5.56 Å². The molecule has 5 heteroatoms. The summed E-state index contributed by atoms with van der Waals surface area (Å²) < 4.78 is 0. The molecule has 1 aromatic carbocycles. The van der Waals surface area contributed by atoms with E-state index >= 15 is 0 Å². The lowest BCUT2D eigenvalue weighted by Crippen LogP contribution is -1.88. The van der Waals surface area contributed by atoms with Gasteiger partial charge >= 0.3 is 0 Å². The molecule has 0 radical (unpaired) electrons. The third-order valence-electron chi connectivity index (χ3n) is 2.50. The smallest absolute Gasteiger partial charge is 0.264 e. The second-order valence-corrected chi connectivity index (χ2v) is 3.76. The minimum atomic E-state index is -0.472. The van der Waals surface area contributed by atoms with Crippen molar-refractivity contribution < 1.29 is 4.92 Å². The Morgan fingerprint density at radius 1 is 1.32 bits per heavy atom. The van der Waals surface area contributed by atoms with Crippen LogP contribution < -0.4 is 0 Å². The summed E-state index contributed by atoms with van der Waals surface area (Å²) >= 11 is 0. The molecule has 0 saturated heterocycles. The number of nitro benzene ring substituents is 1. The lowest BCUT2D eigenvalue weighted by atomic mass is 10.0. The first-order valence-electron chi connectivity index (χ1n) is 5.47. The van der Waals surface area contributed by atoms with Crippen molar-refractivity contribution in [1.82, 2.24) is 4.98 Å². The van der Waals surface area contributed by atoms with Gasteiger partial charge in [-0.25, -0.2) is 0 Å². The summed E-state index contributed by atoms with van der Waals surface area (Å²) in [6, 6.07) is 11.6. The van der Waals surface area contributed by atoms with Crippen molar-refractivity contribution in [3.8, 4) is 6.07 Å². The number of nitro groups is 1. The average molecular weight is 251 g/mol. The van der Waals surface area contributed by atoms with Crippen LogP contribution in [0.4, 0.5) is 5.69 Å². The summed E-state index contributed by atoms with van der Waals surface area (Å²) in [7, 11) is 0. The zero-order valence-electron chi connectivity index (χ0n) is 9.85. The fraction of sp³-hybridized carbons (Fsp3) is 0. The summed E-state index contributed by atoms with van der Waals surface area (Å²) in [4.78, 5) is 14.0. The highest BCUT2D eigenvalue weighted by atomic mass is 16.6. The van der Waals surface area contributed by atoms with Crippen molar-refractivity contribution in [2.75, 3.05) is 0 Å². The van der Waals surface area contributed by atoms with E-state index in [4.69, 9.17) is 5.26 Å². The summed E-state index contributed by atoms with van der Waals surface area (Å²) in [5.41, 5.74) is 1.87. The largest absolute Gasteiger partial charge is 0.269 e. The van der Waals surface area contributed by atoms with Crippen molar-refractivity contribution in [1.29, 1.82) is 5.26 Å². The number of rotatable bonds is 3. The molecule has 0 aliphatic rings. The number of aromatic nitrogens is 1. The number of hydrogen-bond donors (Lipinski definition) is 0. The third-order valence-corrected chi connectivity index (χ3v) is 2.50. The van der Waals surface area contributed by atoms with E-state index < -0.39 is 4.92 Å². The summed E-state index contributed by atoms with van der Waals surface area (Å²) in [6.07, 6.45) is 4.98. The van der Waals surface area contributed by atoms with E-state index in [2.05, 4.69) is 11.1 Å². The molecule has 0 spiro atoms. The number of nitrogens with zero attached hydrogens (tertiary/aromatic N) is 3. The van der Waals surface area contributed by atoms with E-state index in [1.54, 1.807) is 36.7 Å². The van der Waals surface area contributed by atoms with Crippen LogP contribution in [-0.4, -0.2) is 9.91 Å². The Kier molecular flexibility index (Phi) is 3.64. The second-order valence-electron chi connectivity index (χ2n) is 3.76. The summed E-state index contributed by atoms with van der Waals surface area (Å²) in [6.45, 7) is 0. The van der Waals surface area contributed by atoms with Gasteiger partial charge in [-0.1, -0.05) is 6.07 Å². The Morgan fingerprint density at radius 3 is 2.58 bits per heavy atom. The molecule has 0 atom stereocenters. The van der Waals surface area contributed by atoms with Crippen molar-refractivity contribution >= 4 is 17.3 Å². The monoisotopic (exact) mass is 251 g/mol. The molecule has 0 aliphatic carbocycles. The molecule has 2 rings (SSSR count). The Labute approximate surface area is 109 Å². The Bertz CT molecular complexity index is 655. The van der Waals surface area contributed by atoms with Crippen LogP contribution in [0.5, 0.6) is 0 Å². The van der Waals surface area contributed by atoms with Gasteiger partial charge in [-0.3, -0.25) is 15.1 Å². The van der Waals surface area contributed by atoms with Gasteiger partial charge in [-0.2, -0.15) is 5.26 Å². The average Bonchev–Trinajstić information content (AvgIpc) is 2.46. The molecule has 92 valence electrons. The molecule has 1 heterocycles. The van der Waals surface area contributed by atoms with E-state index in [-0.39, 0.29) is 5.69 Å². The Morgan fingerprint density at radius 2 is 2.05 bits per heavy atom. The highest BCUT2D eigenvalue weighted by Crippen LogP contribution is 2.20. The molecule has 0 amide bonds. The first kappa shape index (κ1) is 12.5. The van der Waals surface area contributed by atoms with Gasteiger partial charge < -0.3 is 0 Å². The zero-order valence-corrected chi connectivity index (χ0v) is 9.85. The highest BCUT2D eigenvalue weighted by Gasteiger charge is 2.06. The predicted octanol–water partition coefficient (Wildman–Crippen LogP) is 3.05. The van der Waals surface area contributed by atoms with Crippen molar-refractivity contribution in [3.05, 3.63) is 70.0 Å². The molecule has 0 unspecified atom stereocenters. The maximum Gasteiger partial charge on any atom is 0.269 e. The first-order chi connectivity index (χ1) is 9.20. The highest BCUT2D eigenvalue weighted by molar-refractivity contribution is 5.89. The molecule has 5 nitrogen and oxygen atoms in total. The van der Waals surface area contributed by atoms with E-state index in [1.807, 2.05) is 6.07 Å². The predicted molar refractivity (Wildman–Crippen MR) is 70.8 cm³/mol. The zero-order chi connectivity index (χ0) is 13.7. The fourth-order valence-electron chi connectivity index (χ4n) is 1.57. The molecular formula is C14H9N3O2. The van der Waals surface area contributed by atoms with Gasteiger partial charge in [-0.15, -0.1) is 0 Å². The number of benzene rings is 1. The molecule has 19 heavy (non-hydrogen) atoms. The lowest BCUT2D eigenvalue weighted by molar-refractivity contribution is -0.384. The molecular weight excluding hydrogens is 242 g/mol. The standard InChI is InChI=1S/C14H9N3O2/c15-9-13(8-11-2-1-7-16-10-11)12-3-5-14(6-4-12)17(18)19/h1-8,10H. The fourth-order valence-corrected chi connectivity index (χ4v) is 1.57. The lowest BCUT2D eigenvalue weighted by Gasteiger charge is -1.99. The number of allylic oxidation sites excluding steroid dienone is 1. The van der Waals surface area contributed by atoms with Crippen molar-refractivity contribution in [3.63, 3.8) is 0 Å². The van der Waals surface area contributed by atoms with Gasteiger partial charge in [0.25, 0.3) is 5.69 Å². The third kappa shape index (κ3) is 3.01. The van der Waals surface area contributed by atoms with Gasteiger partial charge in [0.1, 0.15) is 0 Å². The van der Waals surface area contributed by atoms with Crippen molar-refractivity contribution in [2.24, 2.45) is 0 Å². The van der Waals surface area contributed by atoms with E-state index in [0.29, 0.717) is 11.1 Å². The molecule has 0 saturated carbocycles. The number of nitriles is 1. The minimum Gasteiger partial charge on any atom is -0.264 e. The van der Waals surface area contributed by atoms with Crippen LogP contribution in [0.15, 0.2) is 48.8 Å². The second kappa shape index (κ2) is 5.56. The van der Waals surface area contributed by atoms with Gasteiger partial charge in [0.2, 0.25) is 0 Å². The quantitative estimate of drug-likeness (QED) is 0.477. The minimum absolute atomic E-state index is 0.00224. The number of non-ortho nitro benzene ring substituents is 1. The van der Waals surface area contributed by atoms with E-state index in [9.17, 15) is 10.1 Å². The van der Waals surface area contributed by atoms with Gasteiger partial charge in [0.05, 0.1) is 16.6 Å². The van der Waals surface area contributed by atoms with Crippen LogP contribution in [0, 0.1) is 21.4 Å². The van der Waals surface area contributed by atoms with Gasteiger partial charge in [0.15, 0.2) is 0 Å². The molecule has 0 bridgehead atoms. The summed E-state index contributed by atoms with van der Waals surface area (Å²) in [5, 5.41) is 19.7. The Hall–Kier alpha value is -3.00. The number of hydrogen-bond acceptors (Lipinski definition) is 4. The van der Waals surface area contributed by atoms with Gasteiger partial charge in [-0.05, 0) is 35.4 Å². The van der Waals surface area contributed by atoms with Crippen LogP contribution in [0.1, 0.15) is 11.1 Å². The molecule has 0 N–H and O–H groups in total. The number of pyridine rings is 1. The summed E-state index contributed by atoms with van der Waals surface area (Å²) in [5.74, 6) is 0. The molecule has 0 aliphatic heterocycles. The van der Waals surface area contributed by atoms with Gasteiger partial charge in [0, 0.05) is 24.5 Å². The maximum atomic E-state index is 10.6. The maximum absolute atomic E-state index is 10.6. The topological polar surface area (TPSA) is 79.8 Å². The van der Waals surface area contributed by atoms with Crippen LogP contribution in [-0.2, 0) is 0 Å².